The fourth-order valence-corrected chi connectivity index (χ4v) is 2.45. The summed E-state index contributed by atoms with van der Waals surface area (Å²) in [5.41, 5.74) is 2.18. The van der Waals surface area contributed by atoms with E-state index in [9.17, 15) is 0 Å². The van der Waals surface area contributed by atoms with Crippen LogP contribution >= 0.6 is 0 Å². The average molecular weight is 279 g/mol. The number of aromatic nitrogens is 1. The van der Waals surface area contributed by atoms with Crippen LogP contribution in [0.3, 0.4) is 0 Å². The van der Waals surface area contributed by atoms with E-state index in [1.54, 1.807) is 13.3 Å². The summed E-state index contributed by atoms with van der Waals surface area (Å²) >= 11 is 0. The highest BCUT2D eigenvalue weighted by molar-refractivity contribution is 5.91. The van der Waals surface area contributed by atoms with Crippen LogP contribution in [0.25, 0.3) is 10.8 Å². The molecule has 0 spiro atoms. The van der Waals surface area contributed by atoms with Gasteiger partial charge in [-0.1, -0.05) is 30.3 Å². The van der Waals surface area contributed by atoms with Gasteiger partial charge < -0.3 is 9.47 Å². The minimum atomic E-state index is 0.505. The first-order valence-electron chi connectivity index (χ1n) is 6.87. The number of methoxy groups -OCH3 is 1. The van der Waals surface area contributed by atoms with Crippen molar-refractivity contribution in [3.63, 3.8) is 0 Å². The van der Waals surface area contributed by atoms with Crippen LogP contribution in [0.1, 0.15) is 11.1 Å². The lowest BCUT2D eigenvalue weighted by molar-refractivity contribution is 0.287. The van der Waals surface area contributed by atoms with Crippen molar-refractivity contribution in [1.29, 1.82) is 0 Å². The largest absolute Gasteiger partial charge is 0.493 e. The third-order valence-electron chi connectivity index (χ3n) is 3.47. The Morgan fingerprint density at radius 1 is 1.05 bits per heavy atom. The predicted octanol–water partition coefficient (Wildman–Crippen LogP) is 4.13. The molecule has 106 valence electrons. The molecule has 0 atom stereocenters. The van der Waals surface area contributed by atoms with Gasteiger partial charge in [0.2, 0.25) is 0 Å². The van der Waals surface area contributed by atoms with Crippen molar-refractivity contribution in [1.82, 2.24) is 4.98 Å². The first kappa shape index (κ1) is 13.4. The van der Waals surface area contributed by atoms with Crippen molar-refractivity contribution >= 4 is 10.8 Å². The molecule has 3 nitrogen and oxygen atoms in total. The maximum Gasteiger partial charge on any atom is 0.171 e. The van der Waals surface area contributed by atoms with Crippen LogP contribution < -0.4 is 9.47 Å². The summed E-state index contributed by atoms with van der Waals surface area (Å²) in [4.78, 5) is 4.20. The van der Waals surface area contributed by atoms with Crippen molar-refractivity contribution in [2.45, 2.75) is 13.5 Å². The van der Waals surface area contributed by atoms with Crippen molar-refractivity contribution in [3.8, 4) is 11.5 Å². The summed E-state index contributed by atoms with van der Waals surface area (Å²) in [6.45, 7) is 2.53. The van der Waals surface area contributed by atoms with E-state index in [0.717, 1.165) is 33.4 Å². The van der Waals surface area contributed by atoms with Crippen molar-refractivity contribution in [3.05, 3.63) is 66.0 Å². The van der Waals surface area contributed by atoms with Gasteiger partial charge in [0.25, 0.3) is 0 Å². The second-order valence-corrected chi connectivity index (χ2v) is 4.93. The Hall–Kier alpha value is -2.55. The number of fused-ring (bicyclic) bond motifs is 1. The van der Waals surface area contributed by atoms with Crippen LogP contribution in [-0.2, 0) is 6.61 Å². The van der Waals surface area contributed by atoms with Gasteiger partial charge in [0.15, 0.2) is 11.5 Å². The molecule has 0 fully saturated rings. The average Bonchev–Trinajstić information content (AvgIpc) is 2.53. The Labute approximate surface area is 124 Å². The minimum Gasteiger partial charge on any atom is -0.493 e. The highest BCUT2D eigenvalue weighted by Crippen LogP contribution is 2.38. The Kier molecular flexibility index (Phi) is 3.73. The zero-order valence-corrected chi connectivity index (χ0v) is 12.2. The van der Waals surface area contributed by atoms with E-state index < -0.39 is 0 Å². The predicted molar refractivity (Wildman–Crippen MR) is 83.8 cm³/mol. The Morgan fingerprint density at radius 2 is 1.86 bits per heavy atom. The number of nitrogens with zero attached hydrogens (tertiary/aromatic N) is 1. The fourth-order valence-electron chi connectivity index (χ4n) is 2.45. The van der Waals surface area contributed by atoms with E-state index in [1.165, 1.54) is 0 Å². The summed E-state index contributed by atoms with van der Waals surface area (Å²) in [6, 6.07) is 14.2. The molecule has 2 aromatic carbocycles. The monoisotopic (exact) mass is 279 g/mol. The molecule has 3 rings (SSSR count). The van der Waals surface area contributed by atoms with E-state index in [1.807, 2.05) is 49.5 Å². The summed E-state index contributed by atoms with van der Waals surface area (Å²) in [7, 11) is 1.67. The van der Waals surface area contributed by atoms with Gasteiger partial charge in [0.05, 0.1) is 7.11 Å². The van der Waals surface area contributed by atoms with Crippen LogP contribution in [0.5, 0.6) is 11.5 Å². The molecule has 0 radical (unpaired) electrons. The standard InChI is InChI=1S/C18H17NO2/c1-13-10-15-8-9-19-11-16(15)18(17(13)20-2)21-12-14-6-4-3-5-7-14/h3-11H,12H2,1-2H3. The quantitative estimate of drug-likeness (QED) is 0.719. The van der Waals surface area contributed by atoms with Crippen LogP contribution in [-0.4, -0.2) is 12.1 Å². The maximum absolute atomic E-state index is 6.04. The second kappa shape index (κ2) is 5.83. The third kappa shape index (κ3) is 2.68. The number of aryl methyl sites for hydroxylation is 1. The highest BCUT2D eigenvalue weighted by atomic mass is 16.5. The minimum absolute atomic E-state index is 0.505. The fraction of sp³-hybridized carbons (Fsp3) is 0.167. The van der Waals surface area contributed by atoms with Gasteiger partial charge in [-0.15, -0.1) is 0 Å². The molecular formula is C18H17NO2. The summed E-state index contributed by atoms with van der Waals surface area (Å²) < 4.78 is 11.6. The van der Waals surface area contributed by atoms with Gasteiger partial charge in [-0.2, -0.15) is 0 Å². The Morgan fingerprint density at radius 3 is 2.62 bits per heavy atom. The van der Waals surface area contributed by atoms with Crippen LogP contribution in [0.4, 0.5) is 0 Å². The van der Waals surface area contributed by atoms with E-state index in [2.05, 4.69) is 11.1 Å². The number of ether oxygens (including phenoxy) is 2. The number of hydrogen-bond donors (Lipinski definition) is 0. The summed E-state index contributed by atoms with van der Waals surface area (Å²) in [5, 5.41) is 2.07. The number of rotatable bonds is 4. The van der Waals surface area contributed by atoms with Gasteiger partial charge in [-0.3, -0.25) is 4.98 Å². The highest BCUT2D eigenvalue weighted by Gasteiger charge is 2.13. The molecule has 0 aliphatic carbocycles. The van der Waals surface area contributed by atoms with E-state index in [0.29, 0.717) is 6.61 Å². The first-order chi connectivity index (χ1) is 10.3. The van der Waals surface area contributed by atoms with Crippen molar-refractivity contribution < 1.29 is 9.47 Å². The van der Waals surface area contributed by atoms with Crippen LogP contribution in [0.15, 0.2) is 54.9 Å². The van der Waals surface area contributed by atoms with Crippen LogP contribution in [0.2, 0.25) is 0 Å². The molecule has 3 aromatic rings. The summed E-state index contributed by atoms with van der Waals surface area (Å²) in [6.07, 6.45) is 3.60. The Balaban J connectivity index is 2.03. The first-order valence-corrected chi connectivity index (χ1v) is 6.87. The number of pyridine rings is 1. The van der Waals surface area contributed by atoms with Crippen molar-refractivity contribution in [2.24, 2.45) is 0 Å². The smallest absolute Gasteiger partial charge is 0.171 e. The summed E-state index contributed by atoms with van der Waals surface area (Å²) in [5.74, 6) is 1.52. The van der Waals surface area contributed by atoms with Crippen molar-refractivity contribution in [2.75, 3.05) is 7.11 Å². The van der Waals surface area contributed by atoms with E-state index >= 15 is 0 Å². The zero-order valence-electron chi connectivity index (χ0n) is 12.2. The molecule has 0 saturated heterocycles. The van der Waals surface area contributed by atoms with E-state index in [4.69, 9.17) is 9.47 Å². The van der Waals surface area contributed by atoms with Gasteiger partial charge in [0.1, 0.15) is 6.61 Å². The van der Waals surface area contributed by atoms with Gasteiger partial charge in [-0.25, -0.2) is 0 Å². The lowest BCUT2D eigenvalue weighted by Gasteiger charge is -2.15. The molecule has 1 heterocycles. The molecule has 1 aromatic heterocycles. The van der Waals surface area contributed by atoms with Gasteiger partial charge in [0, 0.05) is 17.8 Å². The van der Waals surface area contributed by atoms with Gasteiger partial charge in [-0.05, 0) is 35.6 Å². The second-order valence-electron chi connectivity index (χ2n) is 4.93. The normalized spacial score (nSPS) is 10.6. The third-order valence-corrected chi connectivity index (χ3v) is 3.47. The lowest BCUT2D eigenvalue weighted by Crippen LogP contribution is -2.00. The maximum atomic E-state index is 6.04. The number of benzene rings is 2. The Bertz CT molecular complexity index is 754. The van der Waals surface area contributed by atoms with Crippen LogP contribution in [0, 0.1) is 6.92 Å². The molecule has 21 heavy (non-hydrogen) atoms. The molecule has 0 N–H and O–H groups in total. The molecule has 0 aliphatic heterocycles. The molecule has 0 bridgehead atoms. The SMILES string of the molecule is COc1c(C)cc2ccncc2c1OCc1ccccc1. The zero-order chi connectivity index (χ0) is 14.7. The molecule has 0 unspecified atom stereocenters. The number of hydrogen-bond acceptors (Lipinski definition) is 3. The van der Waals surface area contributed by atoms with E-state index in [-0.39, 0.29) is 0 Å². The lowest BCUT2D eigenvalue weighted by atomic mass is 10.1. The molecule has 0 aliphatic rings. The topological polar surface area (TPSA) is 31.4 Å². The molecule has 0 amide bonds. The molecule has 0 saturated carbocycles. The molecule has 3 heteroatoms. The van der Waals surface area contributed by atoms with Gasteiger partial charge >= 0.3 is 0 Å². The molecular weight excluding hydrogens is 262 g/mol.